The second-order valence-electron chi connectivity index (χ2n) is 11.5. The molecule has 7 heteroatoms. The fourth-order valence-electron chi connectivity index (χ4n) is 6.02. The Labute approximate surface area is 262 Å². The monoisotopic (exact) mass is 602 g/mol. The number of aryl methyl sites for hydroxylation is 1. The van der Waals surface area contributed by atoms with E-state index in [2.05, 4.69) is 51.0 Å². The lowest BCUT2D eigenvalue weighted by Crippen LogP contribution is -2.44. The third-order valence-electron chi connectivity index (χ3n) is 8.46. The van der Waals surface area contributed by atoms with Crippen LogP contribution in [0.25, 0.3) is 33.4 Å². The summed E-state index contributed by atoms with van der Waals surface area (Å²) in [5.74, 6) is -0.118. The number of ketones is 1. The Balaban J connectivity index is 1.26. The van der Waals surface area contributed by atoms with Crippen LogP contribution in [0.2, 0.25) is 5.02 Å². The molecule has 0 unspecified atom stereocenters. The highest BCUT2D eigenvalue weighted by atomic mass is 35.5. The second-order valence-corrected chi connectivity index (χ2v) is 11.9. The van der Waals surface area contributed by atoms with Crippen LogP contribution in [0.1, 0.15) is 39.9 Å². The number of carbonyl (C=O) groups is 2. The van der Waals surface area contributed by atoms with Crippen molar-refractivity contribution in [3.8, 4) is 22.4 Å². The predicted octanol–water partition coefficient (Wildman–Crippen LogP) is 7.55. The number of hydrogen-bond acceptors (Lipinski definition) is 4. The van der Waals surface area contributed by atoms with Crippen molar-refractivity contribution in [3.05, 3.63) is 125 Å². The molecule has 0 spiro atoms. The smallest absolute Gasteiger partial charge is 0.251 e. The predicted molar refractivity (Wildman–Crippen MR) is 178 cm³/mol. The summed E-state index contributed by atoms with van der Waals surface area (Å²) < 4.78 is 0. The number of H-pyrrole nitrogens is 1. The lowest BCUT2D eigenvalue weighted by molar-refractivity contribution is -0.114. The van der Waals surface area contributed by atoms with Crippen molar-refractivity contribution in [1.82, 2.24) is 20.2 Å². The molecule has 1 saturated heterocycles. The van der Waals surface area contributed by atoms with Crippen molar-refractivity contribution in [3.63, 3.8) is 0 Å². The first-order valence-electron chi connectivity index (χ1n) is 15.0. The number of pyridine rings is 1. The number of amides is 1. The number of rotatable bonds is 9. The molecule has 5 aromatic rings. The van der Waals surface area contributed by atoms with Gasteiger partial charge < -0.3 is 10.3 Å². The molecule has 222 valence electrons. The van der Waals surface area contributed by atoms with Gasteiger partial charge in [-0.1, -0.05) is 78.8 Å². The number of piperidine rings is 1. The quantitative estimate of drug-likeness (QED) is 0.171. The highest BCUT2D eigenvalue weighted by Crippen LogP contribution is 2.41. The molecule has 44 heavy (non-hydrogen) atoms. The minimum absolute atomic E-state index is 0.0373. The molecule has 6 nitrogen and oxygen atoms in total. The molecular formula is C37H35ClN4O2. The summed E-state index contributed by atoms with van der Waals surface area (Å²) in [4.78, 5) is 36.1. The number of hydrogen-bond donors (Lipinski definition) is 2. The first-order valence-corrected chi connectivity index (χ1v) is 15.4. The molecule has 0 aliphatic carbocycles. The average molecular weight is 603 g/mol. The Morgan fingerprint density at radius 1 is 1.02 bits per heavy atom. The number of halogens is 1. The first kappa shape index (κ1) is 29.5. The van der Waals surface area contributed by atoms with Crippen molar-refractivity contribution >= 4 is 34.3 Å². The van der Waals surface area contributed by atoms with Crippen LogP contribution in [0, 0.1) is 6.92 Å². The molecule has 1 amide bonds. The molecule has 0 atom stereocenters. The summed E-state index contributed by atoms with van der Waals surface area (Å²) >= 11 is 6.74. The molecule has 2 aromatic heterocycles. The largest absolute Gasteiger partial charge is 0.349 e. The van der Waals surface area contributed by atoms with Crippen LogP contribution in [0.3, 0.4) is 0 Å². The average Bonchev–Trinajstić information content (AvgIpc) is 3.44. The highest BCUT2D eigenvalue weighted by molar-refractivity contribution is 6.36. The van der Waals surface area contributed by atoms with Crippen molar-refractivity contribution < 1.29 is 9.59 Å². The fourth-order valence-corrected chi connectivity index (χ4v) is 6.26. The molecule has 3 aromatic carbocycles. The van der Waals surface area contributed by atoms with Gasteiger partial charge in [0.15, 0.2) is 5.78 Å². The summed E-state index contributed by atoms with van der Waals surface area (Å²) in [7, 11) is 0. The van der Waals surface area contributed by atoms with E-state index in [1.165, 1.54) is 11.6 Å². The SMILES string of the molecule is C=CC(=O)Cc1cc(-c2c(-c3cccc(C(=O)NC4CCN(Cc5ccccc5)CC4)c3)[nH]c3nccc(Cl)c23)ccc1C. The molecular weight excluding hydrogens is 568 g/mol. The van der Waals surface area contributed by atoms with Gasteiger partial charge in [-0.3, -0.25) is 14.5 Å². The van der Waals surface area contributed by atoms with Gasteiger partial charge >= 0.3 is 0 Å². The van der Waals surface area contributed by atoms with E-state index in [0.717, 1.165) is 71.4 Å². The Kier molecular flexibility index (Phi) is 8.73. The van der Waals surface area contributed by atoms with Crippen LogP contribution >= 0.6 is 11.6 Å². The Hall–Kier alpha value is -4.52. The number of nitrogens with zero attached hydrogens (tertiary/aromatic N) is 2. The number of benzene rings is 3. The lowest BCUT2D eigenvalue weighted by Gasteiger charge is -2.32. The van der Waals surface area contributed by atoms with E-state index in [9.17, 15) is 9.59 Å². The number of nitrogens with one attached hydrogen (secondary N) is 2. The summed E-state index contributed by atoms with van der Waals surface area (Å²) in [6.45, 7) is 8.45. The molecule has 1 fully saturated rings. The molecule has 6 rings (SSSR count). The molecule has 0 saturated carbocycles. The molecule has 1 aliphatic rings. The maximum absolute atomic E-state index is 13.5. The number of aromatic amines is 1. The Morgan fingerprint density at radius 2 is 1.82 bits per heavy atom. The molecule has 2 N–H and O–H groups in total. The molecule has 0 bridgehead atoms. The van der Waals surface area contributed by atoms with Gasteiger partial charge in [-0.2, -0.15) is 0 Å². The minimum atomic E-state index is -0.0808. The zero-order valence-electron chi connectivity index (χ0n) is 24.8. The summed E-state index contributed by atoms with van der Waals surface area (Å²) in [5.41, 5.74) is 7.98. The minimum Gasteiger partial charge on any atom is -0.349 e. The number of carbonyl (C=O) groups excluding carboxylic acids is 2. The summed E-state index contributed by atoms with van der Waals surface area (Å²) in [6, 6.07) is 26.1. The topological polar surface area (TPSA) is 78.1 Å². The van der Waals surface area contributed by atoms with Crippen molar-refractivity contribution in [2.45, 2.75) is 38.8 Å². The van der Waals surface area contributed by atoms with Gasteiger partial charge in [-0.25, -0.2) is 4.98 Å². The van der Waals surface area contributed by atoms with Crippen molar-refractivity contribution in [2.24, 2.45) is 0 Å². The summed E-state index contributed by atoms with van der Waals surface area (Å²) in [6.07, 6.45) is 5.13. The standard InChI is InChI=1S/C37H35ClN4O2/c1-3-31(43)22-29-20-26(13-12-24(29)2)33-34-32(38)14-17-39-36(34)41-35(33)27-10-7-11-28(21-27)37(44)40-30-15-18-42(19-16-30)23-25-8-5-4-6-9-25/h3-14,17,20-21,30H,1,15-16,18-19,22-23H2,2H3,(H,39,41)(H,40,44). The van der Waals surface area contributed by atoms with Crippen LogP contribution in [0.4, 0.5) is 0 Å². The number of likely N-dealkylation sites (tertiary alicyclic amines) is 1. The van der Waals surface area contributed by atoms with E-state index in [4.69, 9.17) is 11.6 Å². The van der Waals surface area contributed by atoms with Gasteiger partial charge in [0.1, 0.15) is 5.65 Å². The van der Waals surface area contributed by atoms with Gasteiger partial charge in [0.25, 0.3) is 5.91 Å². The third-order valence-corrected chi connectivity index (χ3v) is 8.77. The maximum atomic E-state index is 13.5. The lowest BCUT2D eigenvalue weighted by atomic mass is 9.93. The van der Waals surface area contributed by atoms with E-state index in [1.54, 1.807) is 12.3 Å². The number of allylic oxidation sites excluding steroid dienone is 1. The Bertz CT molecular complexity index is 1840. The zero-order valence-corrected chi connectivity index (χ0v) is 25.5. The van der Waals surface area contributed by atoms with E-state index >= 15 is 0 Å². The van der Waals surface area contributed by atoms with Gasteiger partial charge in [0, 0.05) is 54.8 Å². The normalized spacial score (nSPS) is 14.0. The van der Waals surface area contributed by atoms with Crippen LogP contribution < -0.4 is 5.32 Å². The molecule has 3 heterocycles. The zero-order chi connectivity index (χ0) is 30.6. The van der Waals surface area contributed by atoms with Gasteiger partial charge in [-0.05, 0) is 71.9 Å². The van der Waals surface area contributed by atoms with Crippen LogP contribution in [0.15, 0.2) is 97.7 Å². The van der Waals surface area contributed by atoms with E-state index in [-0.39, 0.29) is 24.2 Å². The van der Waals surface area contributed by atoms with Gasteiger partial charge in [0.2, 0.25) is 0 Å². The van der Waals surface area contributed by atoms with Crippen LogP contribution in [-0.4, -0.2) is 45.7 Å². The number of fused-ring (bicyclic) bond motifs is 1. The Morgan fingerprint density at radius 3 is 2.59 bits per heavy atom. The first-order chi connectivity index (χ1) is 21.4. The van der Waals surface area contributed by atoms with Crippen LogP contribution in [0.5, 0.6) is 0 Å². The fraction of sp³-hybridized carbons (Fsp3) is 0.216. The summed E-state index contributed by atoms with van der Waals surface area (Å²) in [5, 5.41) is 4.64. The van der Waals surface area contributed by atoms with E-state index in [1.807, 2.05) is 55.5 Å². The molecule has 1 aliphatic heterocycles. The van der Waals surface area contributed by atoms with E-state index < -0.39 is 0 Å². The van der Waals surface area contributed by atoms with Gasteiger partial charge in [-0.15, -0.1) is 0 Å². The molecule has 0 radical (unpaired) electrons. The van der Waals surface area contributed by atoms with Crippen LogP contribution in [-0.2, 0) is 17.8 Å². The van der Waals surface area contributed by atoms with Gasteiger partial charge in [0.05, 0.1) is 10.7 Å². The van der Waals surface area contributed by atoms with E-state index in [0.29, 0.717) is 16.2 Å². The highest BCUT2D eigenvalue weighted by Gasteiger charge is 2.23. The van der Waals surface area contributed by atoms with Crippen molar-refractivity contribution in [2.75, 3.05) is 13.1 Å². The number of aromatic nitrogens is 2. The maximum Gasteiger partial charge on any atom is 0.251 e. The second kappa shape index (κ2) is 13.0. The van der Waals surface area contributed by atoms with Crippen molar-refractivity contribution in [1.29, 1.82) is 0 Å². The third kappa shape index (κ3) is 6.37.